The van der Waals surface area contributed by atoms with Crippen LogP contribution in [0.4, 0.5) is 0 Å². The monoisotopic (exact) mass is 244 g/mol. The average molecular weight is 244 g/mol. The van der Waals surface area contributed by atoms with Crippen molar-refractivity contribution in [3.05, 3.63) is 0 Å². The molecule has 0 atom stereocenters. The van der Waals surface area contributed by atoms with E-state index in [0.29, 0.717) is 12.8 Å². The minimum atomic E-state index is -1.37. The van der Waals surface area contributed by atoms with Crippen LogP contribution in [-0.2, 0) is 4.79 Å². The molecule has 0 aliphatic carbocycles. The Bertz CT molecular complexity index is 284. The highest BCUT2D eigenvalue weighted by molar-refractivity contribution is 5.85. The van der Waals surface area contributed by atoms with Crippen LogP contribution in [0.5, 0.6) is 0 Å². The minimum Gasteiger partial charge on any atom is -0.395 e. The number of rotatable bonds is 3. The van der Waals surface area contributed by atoms with E-state index in [1.807, 2.05) is 27.7 Å². The Kier molecular flexibility index (Phi) is 3.86. The molecule has 5 nitrogen and oxygen atoms in total. The van der Waals surface area contributed by atoms with Crippen LogP contribution < -0.4 is 10.6 Å². The molecule has 0 spiro atoms. The van der Waals surface area contributed by atoms with Gasteiger partial charge in [0.25, 0.3) is 5.91 Å². The molecule has 1 fully saturated rings. The Morgan fingerprint density at radius 3 is 2.12 bits per heavy atom. The van der Waals surface area contributed by atoms with Crippen LogP contribution in [0.1, 0.15) is 40.5 Å². The zero-order chi connectivity index (χ0) is 13.3. The van der Waals surface area contributed by atoms with Crippen LogP contribution in [0, 0.1) is 0 Å². The zero-order valence-corrected chi connectivity index (χ0v) is 11.1. The summed E-state index contributed by atoms with van der Waals surface area (Å²) in [5, 5.41) is 25.2. The molecule has 1 saturated heterocycles. The quantitative estimate of drug-likeness (QED) is 0.552. The van der Waals surface area contributed by atoms with Crippen molar-refractivity contribution >= 4 is 5.91 Å². The summed E-state index contributed by atoms with van der Waals surface area (Å²) in [6.45, 7) is 7.94. The normalized spacial score (nSPS) is 25.3. The highest BCUT2D eigenvalue weighted by atomic mass is 16.3. The van der Waals surface area contributed by atoms with Crippen LogP contribution in [-0.4, -0.2) is 46.0 Å². The second-order valence-corrected chi connectivity index (χ2v) is 6.26. The highest BCUT2D eigenvalue weighted by Crippen LogP contribution is 2.35. The van der Waals surface area contributed by atoms with E-state index in [1.165, 1.54) is 0 Å². The molecule has 4 N–H and O–H groups in total. The molecule has 1 rings (SSSR count). The van der Waals surface area contributed by atoms with E-state index in [9.17, 15) is 9.90 Å². The lowest BCUT2D eigenvalue weighted by atomic mass is 9.72. The van der Waals surface area contributed by atoms with E-state index >= 15 is 0 Å². The summed E-state index contributed by atoms with van der Waals surface area (Å²) in [4.78, 5) is 12.0. The maximum Gasteiger partial charge on any atom is 0.252 e. The summed E-state index contributed by atoms with van der Waals surface area (Å²) in [5.74, 6) is -0.394. The third-order valence-electron chi connectivity index (χ3n) is 2.97. The molecular weight excluding hydrogens is 220 g/mol. The third kappa shape index (κ3) is 3.66. The molecule has 100 valence electrons. The lowest BCUT2D eigenvalue weighted by Gasteiger charge is -2.49. The summed E-state index contributed by atoms with van der Waals surface area (Å²) in [5.41, 5.74) is -1.96. The number of carbonyl (C=O) groups is 1. The van der Waals surface area contributed by atoms with Gasteiger partial charge < -0.3 is 20.8 Å². The van der Waals surface area contributed by atoms with Crippen molar-refractivity contribution in [1.82, 2.24) is 10.6 Å². The zero-order valence-electron chi connectivity index (χ0n) is 11.1. The molecular formula is C12H24N2O3. The molecule has 5 heteroatoms. The number of hydrogen-bond acceptors (Lipinski definition) is 4. The molecule has 0 unspecified atom stereocenters. The van der Waals surface area contributed by atoms with Gasteiger partial charge in [-0.05, 0) is 27.7 Å². The molecule has 0 radical (unpaired) electrons. The summed E-state index contributed by atoms with van der Waals surface area (Å²) in [6.07, 6.45) is 0.724. The predicted molar refractivity (Wildman–Crippen MR) is 65.6 cm³/mol. The summed E-state index contributed by atoms with van der Waals surface area (Å²) in [6, 6.07) is 0. The van der Waals surface area contributed by atoms with Crippen molar-refractivity contribution in [3.63, 3.8) is 0 Å². The van der Waals surface area contributed by atoms with Crippen molar-refractivity contribution in [1.29, 1.82) is 0 Å². The van der Waals surface area contributed by atoms with Gasteiger partial charge in [0.15, 0.2) is 0 Å². The van der Waals surface area contributed by atoms with Gasteiger partial charge in [-0.1, -0.05) is 0 Å². The number of amides is 1. The largest absolute Gasteiger partial charge is 0.395 e. The van der Waals surface area contributed by atoms with Crippen molar-refractivity contribution in [2.24, 2.45) is 0 Å². The Hall–Kier alpha value is -0.650. The van der Waals surface area contributed by atoms with E-state index in [-0.39, 0.29) is 24.2 Å². The SMILES string of the molecule is CC1(C)CC(O)(C(=O)NCCO)CC(C)(C)N1. The summed E-state index contributed by atoms with van der Waals surface area (Å²) in [7, 11) is 0. The second-order valence-electron chi connectivity index (χ2n) is 6.26. The molecule has 0 saturated carbocycles. The Morgan fingerprint density at radius 1 is 1.24 bits per heavy atom. The van der Waals surface area contributed by atoms with Gasteiger partial charge in [-0.25, -0.2) is 0 Å². The van der Waals surface area contributed by atoms with Crippen LogP contribution in [0.25, 0.3) is 0 Å². The van der Waals surface area contributed by atoms with Gasteiger partial charge in [0.05, 0.1) is 6.61 Å². The van der Waals surface area contributed by atoms with E-state index in [1.54, 1.807) is 0 Å². The van der Waals surface area contributed by atoms with E-state index in [2.05, 4.69) is 10.6 Å². The topological polar surface area (TPSA) is 81.6 Å². The van der Waals surface area contributed by atoms with Crippen molar-refractivity contribution in [2.75, 3.05) is 13.2 Å². The summed E-state index contributed by atoms with van der Waals surface area (Å²) >= 11 is 0. The third-order valence-corrected chi connectivity index (χ3v) is 2.97. The molecule has 1 aliphatic rings. The number of carbonyl (C=O) groups excluding carboxylic acids is 1. The van der Waals surface area contributed by atoms with Crippen LogP contribution in [0.15, 0.2) is 0 Å². The molecule has 1 aliphatic heterocycles. The molecule has 0 aromatic carbocycles. The fourth-order valence-corrected chi connectivity index (χ4v) is 3.02. The number of aliphatic hydroxyl groups excluding tert-OH is 1. The van der Waals surface area contributed by atoms with Gasteiger partial charge in [-0.3, -0.25) is 4.79 Å². The van der Waals surface area contributed by atoms with Crippen LogP contribution >= 0.6 is 0 Å². The average Bonchev–Trinajstić information content (AvgIpc) is 2.07. The Morgan fingerprint density at radius 2 is 1.71 bits per heavy atom. The van der Waals surface area contributed by atoms with Gasteiger partial charge in [0.2, 0.25) is 0 Å². The first-order valence-electron chi connectivity index (χ1n) is 6.01. The van der Waals surface area contributed by atoms with Gasteiger partial charge in [-0.15, -0.1) is 0 Å². The fraction of sp³-hybridized carbons (Fsp3) is 0.917. The molecule has 17 heavy (non-hydrogen) atoms. The number of hydrogen-bond donors (Lipinski definition) is 4. The first kappa shape index (κ1) is 14.4. The first-order chi connectivity index (χ1) is 7.60. The standard InChI is InChI=1S/C12H24N2O3/c1-10(2)7-12(17,8-11(3,4)14-10)9(16)13-5-6-15/h14-15,17H,5-8H2,1-4H3,(H,13,16). The van der Waals surface area contributed by atoms with Gasteiger partial charge in [0.1, 0.15) is 5.60 Å². The summed E-state index contributed by atoms with van der Waals surface area (Å²) < 4.78 is 0. The van der Waals surface area contributed by atoms with Gasteiger partial charge >= 0.3 is 0 Å². The fourth-order valence-electron chi connectivity index (χ4n) is 3.02. The van der Waals surface area contributed by atoms with Crippen LogP contribution in [0.3, 0.4) is 0 Å². The minimum absolute atomic E-state index is 0.118. The lowest BCUT2D eigenvalue weighted by molar-refractivity contribution is -0.149. The van der Waals surface area contributed by atoms with Crippen molar-refractivity contribution < 1.29 is 15.0 Å². The molecule has 1 amide bonds. The van der Waals surface area contributed by atoms with E-state index in [0.717, 1.165) is 0 Å². The lowest BCUT2D eigenvalue weighted by Crippen LogP contribution is -2.67. The molecule has 1 heterocycles. The predicted octanol–water partition coefficient (Wildman–Crippen LogP) is -0.233. The van der Waals surface area contributed by atoms with Gasteiger partial charge in [-0.2, -0.15) is 0 Å². The Balaban J connectivity index is 2.83. The smallest absolute Gasteiger partial charge is 0.252 e. The first-order valence-corrected chi connectivity index (χ1v) is 6.01. The van der Waals surface area contributed by atoms with E-state index in [4.69, 9.17) is 5.11 Å². The Labute approximate surface area is 103 Å². The molecule has 0 bridgehead atoms. The van der Waals surface area contributed by atoms with Crippen molar-refractivity contribution in [3.8, 4) is 0 Å². The second kappa shape index (κ2) is 4.55. The number of aliphatic hydroxyl groups is 2. The molecule has 0 aromatic heterocycles. The maximum absolute atomic E-state index is 12.0. The van der Waals surface area contributed by atoms with Gasteiger partial charge in [0, 0.05) is 30.5 Å². The number of piperidine rings is 1. The van der Waals surface area contributed by atoms with E-state index < -0.39 is 11.5 Å². The molecule has 0 aromatic rings. The van der Waals surface area contributed by atoms with Crippen molar-refractivity contribution in [2.45, 2.75) is 57.2 Å². The maximum atomic E-state index is 12.0. The number of nitrogens with one attached hydrogen (secondary N) is 2. The van der Waals surface area contributed by atoms with Crippen LogP contribution in [0.2, 0.25) is 0 Å². The highest BCUT2D eigenvalue weighted by Gasteiger charge is 2.50.